The highest BCUT2D eigenvalue weighted by Crippen LogP contribution is 2.33. The monoisotopic (exact) mass is 170 g/mol. The molecule has 2 N–H and O–H groups in total. The Kier molecular flexibility index (Phi) is 2.02. The Hall–Kier alpha value is -0.610. The van der Waals surface area contributed by atoms with Crippen LogP contribution in [0.2, 0.25) is 0 Å². The topological polar surface area (TPSA) is 50.4 Å². The Morgan fingerprint density at radius 3 is 2.75 bits per heavy atom. The van der Waals surface area contributed by atoms with Crippen LogP contribution in [-0.2, 0) is 9.53 Å². The average Bonchev–Trinajstić information content (AvgIpc) is 2.03. The summed E-state index contributed by atoms with van der Waals surface area (Å²) < 4.78 is 4.93. The van der Waals surface area contributed by atoms with Crippen LogP contribution >= 0.6 is 0 Å². The smallest absolute Gasteiger partial charge is 0.324 e. The summed E-state index contributed by atoms with van der Waals surface area (Å²) in [6, 6.07) is 0.468. The first kappa shape index (κ1) is 8.01. The van der Waals surface area contributed by atoms with E-state index in [0.29, 0.717) is 18.6 Å². The maximum absolute atomic E-state index is 11.3. The van der Waals surface area contributed by atoms with Crippen LogP contribution in [0.5, 0.6) is 0 Å². The molecule has 2 saturated heterocycles. The van der Waals surface area contributed by atoms with Crippen LogP contribution in [0.3, 0.4) is 0 Å². The molecule has 2 heterocycles. The van der Waals surface area contributed by atoms with Gasteiger partial charge in [-0.3, -0.25) is 10.2 Å². The van der Waals surface area contributed by atoms with Crippen molar-refractivity contribution in [3.05, 3.63) is 0 Å². The normalized spacial score (nSPS) is 38.6. The molecule has 0 spiro atoms. The van der Waals surface area contributed by atoms with E-state index in [-0.39, 0.29) is 12.0 Å². The first-order chi connectivity index (χ1) is 5.81. The number of nitrogens with one attached hydrogen (secondary N) is 2. The molecule has 1 unspecified atom stereocenters. The summed E-state index contributed by atoms with van der Waals surface area (Å²) in [5.41, 5.74) is 6.07. The molecular formula is C8H14N2O2. The molecule has 3 aliphatic rings. The second-order valence-corrected chi connectivity index (χ2v) is 3.45. The van der Waals surface area contributed by atoms with E-state index in [2.05, 4.69) is 10.9 Å². The van der Waals surface area contributed by atoms with Gasteiger partial charge in [-0.1, -0.05) is 0 Å². The molecule has 1 atom stereocenters. The Morgan fingerprint density at radius 2 is 2.25 bits per heavy atom. The molecule has 3 rings (SSSR count). The van der Waals surface area contributed by atoms with E-state index in [0.717, 1.165) is 12.8 Å². The van der Waals surface area contributed by atoms with Gasteiger partial charge in [-0.15, -0.1) is 0 Å². The summed E-state index contributed by atoms with van der Waals surface area (Å²) in [6.07, 6.45) is 2.22. The van der Waals surface area contributed by atoms with Gasteiger partial charge in [0, 0.05) is 6.04 Å². The molecule has 2 aliphatic heterocycles. The van der Waals surface area contributed by atoms with E-state index >= 15 is 0 Å². The Bertz CT molecular complexity index is 187. The first-order valence-corrected chi connectivity index (χ1v) is 4.49. The summed E-state index contributed by atoms with van der Waals surface area (Å²) in [7, 11) is 0. The Balaban J connectivity index is 1.89. The van der Waals surface area contributed by atoms with Crippen molar-refractivity contribution in [3.8, 4) is 0 Å². The number of rotatable bonds is 2. The van der Waals surface area contributed by atoms with Crippen LogP contribution in [0.25, 0.3) is 0 Å². The lowest BCUT2D eigenvalue weighted by Crippen LogP contribution is -2.66. The van der Waals surface area contributed by atoms with Crippen LogP contribution in [-0.4, -0.2) is 24.7 Å². The van der Waals surface area contributed by atoms with Gasteiger partial charge in [0.2, 0.25) is 0 Å². The van der Waals surface area contributed by atoms with Gasteiger partial charge in [0.1, 0.15) is 6.04 Å². The quantitative estimate of drug-likeness (QED) is 0.564. The molecule has 0 aromatic carbocycles. The van der Waals surface area contributed by atoms with Crippen molar-refractivity contribution < 1.29 is 9.53 Å². The Labute approximate surface area is 71.6 Å². The highest BCUT2D eigenvalue weighted by atomic mass is 16.5. The van der Waals surface area contributed by atoms with Gasteiger partial charge in [0.15, 0.2) is 0 Å². The maximum atomic E-state index is 11.3. The SMILES string of the molecule is CCOC(=O)C1NNC2CC1C2. The zero-order valence-corrected chi connectivity index (χ0v) is 7.17. The molecule has 1 saturated carbocycles. The number of esters is 1. The Morgan fingerprint density at radius 1 is 1.50 bits per heavy atom. The highest BCUT2D eigenvalue weighted by Gasteiger charge is 2.43. The fourth-order valence-electron chi connectivity index (χ4n) is 1.86. The molecule has 0 aromatic heterocycles. The number of hydrogen-bond acceptors (Lipinski definition) is 4. The van der Waals surface area contributed by atoms with Crippen LogP contribution < -0.4 is 10.9 Å². The van der Waals surface area contributed by atoms with Crippen molar-refractivity contribution in [2.45, 2.75) is 31.8 Å². The van der Waals surface area contributed by atoms with E-state index < -0.39 is 0 Å². The molecule has 0 radical (unpaired) electrons. The van der Waals surface area contributed by atoms with Gasteiger partial charge in [-0.25, -0.2) is 5.43 Å². The van der Waals surface area contributed by atoms with Crippen molar-refractivity contribution >= 4 is 5.97 Å². The molecule has 4 heteroatoms. The van der Waals surface area contributed by atoms with E-state index in [1.54, 1.807) is 0 Å². The summed E-state index contributed by atoms with van der Waals surface area (Å²) in [6.45, 7) is 2.30. The van der Waals surface area contributed by atoms with E-state index in [1.807, 2.05) is 6.92 Å². The van der Waals surface area contributed by atoms with Crippen LogP contribution in [0.4, 0.5) is 0 Å². The summed E-state index contributed by atoms with van der Waals surface area (Å²) in [5.74, 6) is 0.378. The third-order valence-electron chi connectivity index (χ3n) is 2.63. The van der Waals surface area contributed by atoms with Crippen molar-refractivity contribution in [1.82, 2.24) is 10.9 Å². The number of fused-ring (bicyclic) bond motifs is 2. The average molecular weight is 170 g/mol. The minimum absolute atomic E-state index is 0.116. The lowest BCUT2D eigenvalue weighted by Gasteiger charge is -2.46. The van der Waals surface area contributed by atoms with Gasteiger partial charge in [0.05, 0.1) is 6.61 Å². The van der Waals surface area contributed by atoms with Gasteiger partial charge < -0.3 is 4.74 Å². The van der Waals surface area contributed by atoms with Gasteiger partial charge >= 0.3 is 5.97 Å². The summed E-state index contributed by atoms with van der Waals surface area (Å²) in [5, 5.41) is 0. The fraction of sp³-hybridized carbons (Fsp3) is 0.875. The minimum atomic E-state index is -0.117. The predicted octanol–water partition coefficient (Wildman–Crippen LogP) is -0.196. The molecule has 12 heavy (non-hydrogen) atoms. The zero-order chi connectivity index (χ0) is 8.55. The van der Waals surface area contributed by atoms with Gasteiger partial charge in [-0.05, 0) is 25.7 Å². The molecule has 0 aromatic rings. The maximum Gasteiger partial charge on any atom is 0.324 e. The molecule has 4 nitrogen and oxygen atoms in total. The van der Waals surface area contributed by atoms with Crippen LogP contribution in [0.1, 0.15) is 19.8 Å². The molecule has 68 valence electrons. The van der Waals surface area contributed by atoms with Gasteiger partial charge in [-0.2, -0.15) is 0 Å². The van der Waals surface area contributed by atoms with Crippen LogP contribution in [0, 0.1) is 5.92 Å². The molecular weight excluding hydrogens is 156 g/mol. The fourth-order valence-corrected chi connectivity index (χ4v) is 1.86. The third kappa shape index (κ3) is 1.21. The lowest BCUT2D eigenvalue weighted by atomic mass is 9.74. The number of carbonyl (C=O) groups excluding carboxylic acids is 1. The standard InChI is InChI=1S/C8H14N2O2/c1-2-12-8(11)7-5-3-6(4-5)9-10-7/h5-7,9-10H,2-4H2,1H3. The number of hydrazine groups is 1. The largest absolute Gasteiger partial charge is 0.465 e. The summed E-state index contributed by atoms with van der Waals surface area (Å²) >= 11 is 0. The first-order valence-electron chi connectivity index (χ1n) is 4.49. The van der Waals surface area contributed by atoms with Crippen molar-refractivity contribution in [1.29, 1.82) is 0 Å². The third-order valence-corrected chi connectivity index (χ3v) is 2.63. The number of carbonyl (C=O) groups is 1. The van der Waals surface area contributed by atoms with E-state index in [1.165, 1.54) is 0 Å². The van der Waals surface area contributed by atoms with Crippen molar-refractivity contribution in [3.63, 3.8) is 0 Å². The number of hydrogen-bond donors (Lipinski definition) is 2. The lowest BCUT2D eigenvalue weighted by molar-refractivity contribution is -0.151. The molecule has 2 bridgehead atoms. The molecule has 3 fully saturated rings. The van der Waals surface area contributed by atoms with Crippen molar-refractivity contribution in [2.24, 2.45) is 5.92 Å². The zero-order valence-electron chi connectivity index (χ0n) is 7.17. The van der Waals surface area contributed by atoms with Crippen molar-refractivity contribution in [2.75, 3.05) is 6.61 Å². The predicted molar refractivity (Wildman–Crippen MR) is 43.2 cm³/mol. The van der Waals surface area contributed by atoms with E-state index in [9.17, 15) is 4.79 Å². The minimum Gasteiger partial charge on any atom is -0.465 e. The van der Waals surface area contributed by atoms with Crippen LogP contribution in [0.15, 0.2) is 0 Å². The second kappa shape index (κ2) is 3.03. The number of ether oxygens (including phenoxy) is 1. The second-order valence-electron chi connectivity index (χ2n) is 3.45. The van der Waals surface area contributed by atoms with Gasteiger partial charge in [0.25, 0.3) is 0 Å². The molecule has 0 amide bonds. The molecule has 1 aliphatic carbocycles. The van der Waals surface area contributed by atoms with E-state index in [4.69, 9.17) is 4.74 Å². The summed E-state index contributed by atoms with van der Waals surface area (Å²) in [4.78, 5) is 11.3. The highest BCUT2D eigenvalue weighted by molar-refractivity contribution is 5.76.